The highest BCUT2D eigenvalue weighted by atomic mass is 32.2. The van der Waals surface area contributed by atoms with Crippen LogP contribution in [0.15, 0.2) is 23.1 Å². The molecular weight excluding hydrogens is 338 g/mol. The van der Waals surface area contributed by atoms with Crippen LogP contribution < -0.4 is 19.8 Å². The van der Waals surface area contributed by atoms with Crippen LogP contribution >= 0.6 is 0 Å². The van der Waals surface area contributed by atoms with Gasteiger partial charge in [-0.15, -0.1) is 0 Å². The number of ether oxygens (including phenoxy) is 1. The van der Waals surface area contributed by atoms with E-state index in [-0.39, 0.29) is 16.6 Å². The van der Waals surface area contributed by atoms with Crippen LogP contribution in [0.25, 0.3) is 0 Å². The Hall–Kier alpha value is -2.17. The van der Waals surface area contributed by atoms with Crippen LogP contribution in [0.2, 0.25) is 0 Å². The summed E-state index contributed by atoms with van der Waals surface area (Å²) >= 11 is 0. The summed E-state index contributed by atoms with van der Waals surface area (Å²) in [5.74, 6) is -0.449. The van der Waals surface area contributed by atoms with Crippen molar-refractivity contribution in [1.82, 2.24) is 10.2 Å². The first-order valence-corrected chi connectivity index (χ1v) is 8.70. The summed E-state index contributed by atoms with van der Waals surface area (Å²) < 4.78 is 29.8. The minimum Gasteiger partial charge on any atom is -0.495 e. The molecule has 1 aliphatic heterocycles. The number of hydrogen-bond acceptors (Lipinski definition) is 6. The van der Waals surface area contributed by atoms with Gasteiger partial charge in [-0.25, -0.2) is 8.42 Å². The fraction of sp³-hybridized carbons (Fsp3) is 0.429. The number of carbonyl (C=O) groups excluding carboxylic acids is 2. The Morgan fingerprint density at radius 3 is 2.71 bits per heavy atom. The fourth-order valence-electron chi connectivity index (χ4n) is 2.25. The van der Waals surface area contributed by atoms with E-state index >= 15 is 0 Å². The second kappa shape index (κ2) is 7.60. The number of likely N-dealkylation sites (N-methyl/N-ethyl adjacent to an activating group) is 1. The highest BCUT2D eigenvalue weighted by molar-refractivity contribution is 7.89. The standard InChI is InChI=1S/C14H19N3O6S/c1-15-13(18)9-23-16-24(20,21)12-8-10(5-6-11(12)22-2)17-7-3-4-14(17)19/h5-6,8,16H,3-4,7,9H2,1-2H3,(H,15,18). The lowest BCUT2D eigenvalue weighted by Gasteiger charge is -2.18. The SMILES string of the molecule is CNC(=O)CONS(=O)(=O)c1cc(N2CCCC2=O)ccc1OC. The average molecular weight is 357 g/mol. The molecule has 9 nitrogen and oxygen atoms in total. The summed E-state index contributed by atoms with van der Waals surface area (Å²) in [7, 11) is -1.36. The Kier molecular flexibility index (Phi) is 5.75. The van der Waals surface area contributed by atoms with Gasteiger partial charge in [0.25, 0.3) is 10.0 Å². The van der Waals surface area contributed by atoms with Gasteiger partial charge in [-0.1, -0.05) is 4.89 Å². The van der Waals surface area contributed by atoms with Crippen molar-refractivity contribution in [2.45, 2.75) is 17.7 Å². The predicted octanol–water partition coefficient (Wildman–Crippen LogP) is -0.222. The molecule has 0 bridgehead atoms. The Morgan fingerprint density at radius 1 is 1.38 bits per heavy atom. The van der Waals surface area contributed by atoms with Gasteiger partial charge in [0.05, 0.1) is 7.11 Å². The number of carbonyl (C=O) groups is 2. The molecule has 1 aliphatic rings. The number of nitrogens with zero attached hydrogens (tertiary/aromatic N) is 1. The van der Waals surface area contributed by atoms with Crippen LogP contribution in [0.5, 0.6) is 5.75 Å². The van der Waals surface area contributed by atoms with Gasteiger partial charge in [0, 0.05) is 25.7 Å². The van der Waals surface area contributed by atoms with Crippen LogP contribution in [0.4, 0.5) is 5.69 Å². The first-order valence-electron chi connectivity index (χ1n) is 7.21. The molecule has 2 amide bonds. The largest absolute Gasteiger partial charge is 0.495 e. The second-order valence-corrected chi connectivity index (χ2v) is 6.65. The number of methoxy groups -OCH3 is 1. The van der Waals surface area contributed by atoms with E-state index < -0.39 is 22.5 Å². The molecule has 1 heterocycles. The highest BCUT2D eigenvalue weighted by Crippen LogP contribution is 2.30. The molecule has 1 fully saturated rings. The van der Waals surface area contributed by atoms with Crippen molar-refractivity contribution in [2.75, 3.05) is 32.2 Å². The molecular formula is C14H19N3O6S. The lowest BCUT2D eigenvalue weighted by atomic mass is 10.3. The van der Waals surface area contributed by atoms with E-state index in [4.69, 9.17) is 9.57 Å². The van der Waals surface area contributed by atoms with E-state index in [1.807, 2.05) is 4.89 Å². The number of nitrogens with one attached hydrogen (secondary N) is 2. The summed E-state index contributed by atoms with van der Waals surface area (Å²) in [6.45, 7) is 0.0631. The van der Waals surface area contributed by atoms with Crippen molar-refractivity contribution in [2.24, 2.45) is 0 Å². The summed E-state index contributed by atoms with van der Waals surface area (Å²) in [4.78, 5) is 30.8. The molecule has 132 valence electrons. The minimum absolute atomic E-state index is 0.0626. The summed E-state index contributed by atoms with van der Waals surface area (Å²) in [5, 5.41) is 2.30. The topological polar surface area (TPSA) is 114 Å². The summed E-state index contributed by atoms with van der Waals surface area (Å²) in [5.41, 5.74) is 0.463. The molecule has 24 heavy (non-hydrogen) atoms. The van der Waals surface area contributed by atoms with E-state index in [9.17, 15) is 18.0 Å². The third-order valence-corrected chi connectivity index (χ3v) is 4.71. The molecule has 2 rings (SSSR count). The number of hydrogen-bond donors (Lipinski definition) is 2. The molecule has 0 saturated carbocycles. The number of benzene rings is 1. The maximum atomic E-state index is 12.4. The molecule has 0 aromatic heterocycles. The van der Waals surface area contributed by atoms with Crippen molar-refractivity contribution in [3.8, 4) is 5.75 Å². The second-order valence-electron chi connectivity index (χ2n) is 5.03. The average Bonchev–Trinajstić information content (AvgIpc) is 3.00. The smallest absolute Gasteiger partial charge is 0.266 e. The van der Waals surface area contributed by atoms with Gasteiger partial charge < -0.3 is 15.0 Å². The van der Waals surface area contributed by atoms with Crippen molar-refractivity contribution < 1.29 is 27.6 Å². The molecule has 1 aromatic rings. The zero-order valence-corrected chi connectivity index (χ0v) is 14.2. The highest BCUT2D eigenvalue weighted by Gasteiger charge is 2.26. The molecule has 0 unspecified atom stereocenters. The Morgan fingerprint density at radius 2 is 2.12 bits per heavy atom. The minimum atomic E-state index is -4.09. The van der Waals surface area contributed by atoms with Crippen molar-refractivity contribution in [3.63, 3.8) is 0 Å². The normalized spacial score (nSPS) is 14.8. The fourth-order valence-corrected chi connectivity index (χ4v) is 3.25. The van der Waals surface area contributed by atoms with E-state index in [0.29, 0.717) is 18.7 Å². The van der Waals surface area contributed by atoms with E-state index in [2.05, 4.69) is 5.32 Å². The van der Waals surface area contributed by atoms with E-state index in [0.717, 1.165) is 6.42 Å². The zero-order chi connectivity index (χ0) is 17.7. The van der Waals surface area contributed by atoms with Crippen LogP contribution in [-0.4, -0.2) is 47.5 Å². The monoisotopic (exact) mass is 357 g/mol. The van der Waals surface area contributed by atoms with Gasteiger partial charge in [-0.3, -0.25) is 14.4 Å². The molecule has 0 radical (unpaired) electrons. The van der Waals surface area contributed by atoms with Gasteiger partial charge in [0.15, 0.2) is 0 Å². The maximum Gasteiger partial charge on any atom is 0.266 e. The quantitative estimate of drug-likeness (QED) is 0.652. The van der Waals surface area contributed by atoms with Crippen molar-refractivity contribution in [3.05, 3.63) is 18.2 Å². The van der Waals surface area contributed by atoms with Gasteiger partial charge in [0.2, 0.25) is 11.8 Å². The summed E-state index contributed by atoms with van der Waals surface area (Å²) in [6, 6.07) is 4.42. The molecule has 2 N–H and O–H groups in total. The van der Waals surface area contributed by atoms with Gasteiger partial charge in [-0.05, 0) is 24.6 Å². The van der Waals surface area contributed by atoms with Crippen molar-refractivity contribution in [1.29, 1.82) is 0 Å². The first kappa shape index (κ1) is 18.2. The predicted molar refractivity (Wildman–Crippen MR) is 84.9 cm³/mol. The molecule has 0 atom stereocenters. The zero-order valence-electron chi connectivity index (χ0n) is 13.4. The molecule has 0 aliphatic carbocycles. The molecule has 10 heteroatoms. The van der Waals surface area contributed by atoms with Gasteiger partial charge in [0.1, 0.15) is 17.3 Å². The van der Waals surface area contributed by atoms with Crippen LogP contribution in [-0.2, 0) is 24.4 Å². The molecule has 1 saturated heterocycles. The number of amides is 2. The Bertz CT molecular complexity index is 734. The van der Waals surface area contributed by atoms with Crippen LogP contribution in [0, 0.1) is 0 Å². The molecule has 1 aromatic carbocycles. The third-order valence-electron chi connectivity index (χ3n) is 3.47. The van der Waals surface area contributed by atoms with E-state index in [1.165, 1.54) is 31.2 Å². The van der Waals surface area contributed by atoms with Gasteiger partial charge >= 0.3 is 0 Å². The van der Waals surface area contributed by atoms with Crippen molar-refractivity contribution >= 4 is 27.5 Å². The number of rotatable bonds is 7. The Balaban J connectivity index is 2.26. The number of sulfonamides is 1. The molecule has 0 spiro atoms. The van der Waals surface area contributed by atoms with Crippen LogP contribution in [0.3, 0.4) is 0 Å². The van der Waals surface area contributed by atoms with Crippen LogP contribution in [0.1, 0.15) is 12.8 Å². The lowest BCUT2D eigenvalue weighted by Crippen LogP contribution is -2.31. The first-order chi connectivity index (χ1) is 11.4. The Labute approximate surface area is 139 Å². The van der Waals surface area contributed by atoms with Gasteiger partial charge in [-0.2, -0.15) is 0 Å². The maximum absolute atomic E-state index is 12.4. The third kappa shape index (κ3) is 4.02. The number of anilines is 1. The van der Waals surface area contributed by atoms with E-state index in [1.54, 1.807) is 6.07 Å². The summed E-state index contributed by atoms with van der Waals surface area (Å²) in [6.07, 6.45) is 1.15. The lowest BCUT2D eigenvalue weighted by molar-refractivity contribution is -0.126.